The predicted octanol–water partition coefficient (Wildman–Crippen LogP) is 10.8. The Morgan fingerprint density at radius 3 is 1.95 bits per heavy atom. The van der Waals surface area contributed by atoms with E-state index in [9.17, 15) is 13.6 Å². The number of allylic oxidation sites excluding steroid dienone is 3. The molecule has 2 fully saturated rings. The van der Waals surface area contributed by atoms with Crippen LogP contribution in [-0.4, -0.2) is 46.7 Å². The van der Waals surface area contributed by atoms with Crippen molar-refractivity contribution in [3.05, 3.63) is 65.7 Å². The monoisotopic (exact) mass is 817 g/mol. The van der Waals surface area contributed by atoms with Crippen molar-refractivity contribution in [3.63, 3.8) is 0 Å². The second-order valence-corrected chi connectivity index (χ2v) is 11.3. The van der Waals surface area contributed by atoms with Crippen LogP contribution in [0.5, 0.6) is 0 Å². The van der Waals surface area contributed by atoms with Crippen LogP contribution in [0.1, 0.15) is 120 Å². The third kappa shape index (κ3) is 21.4. The Bertz CT molecular complexity index is 861. The van der Waals surface area contributed by atoms with Gasteiger partial charge in [-0.25, -0.2) is 4.79 Å². The zero-order valence-corrected chi connectivity index (χ0v) is 33.0. The molecule has 0 bridgehead atoms. The Balaban J connectivity index is -0.000000735. The minimum Gasteiger partial charge on any atom is -0.444 e. The van der Waals surface area contributed by atoms with Crippen LogP contribution >= 0.6 is 0 Å². The fourth-order valence-corrected chi connectivity index (χ4v) is 4.05. The van der Waals surface area contributed by atoms with Gasteiger partial charge in [0.15, 0.2) is 0 Å². The van der Waals surface area contributed by atoms with Crippen molar-refractivity contribution in [1.82, 2.24) is 9.80 Å². The van der Waals surface area contributed by atoms with E-state index in [0.29, 0.717) is 0 Å². The topological polar surface area (TPSA) is 32.8 Å². The maximum absolute atomic E-state index is 12.6. The fourth-order valence-electron chi connectivity index (χ4n) is 4.05. The number of amides is 1. The van der Waals surface area contributed by atoms with Crippen LogP contribution in [-0.2, 0) is 4.74 Å². The summed E-state index contributed by atoms with van der Waals surface area (Å²) < 4.78 is 26.1. The normalized spacial score (nSPS) is 15.3. The van der Waals surface area contributed by atoms with Crippen molar-refractivity contribution < 1.29 is 49.4 Å². The molecule has 1 spiro atoms. The molecule has 7 heteroatoms. The Morgan fingerprint density at radius 2 is 1.60 bits per heavy atom. The van der Waals surface area contributed by atoms with E-state index >= 15 is 0 Å². The molecule has 1 aliphatic carbocycles. The van der Waals surface area contributed by atoms with Crippen LogP contribution in [0.3, 0.4) is 0 Å². The van der Waals surface area contributed by atoms with Gasteiger partial charge in [0.05, 0.1) is 5.54 Å². The summed E-state index contributed by atoms with van der Waals surface area (Å²) in [5, 5.41) is 0. The largest absolute Gasteiger partial charge is 2.00 e. The molecule has 2 aliphatic rings. The first-order valence-electron chi connectivity index (χ1n) is 15.4. The van der Waals surface area contributed by atoms with Gasteiger partial charge in [-0.15, -0.1) is 6.92 Å². The van der Waals surface area contributed by atoms with E-state index in [-0.39, 0.29) is 42.7 Å². The Kier molecular flexibility index (Phi) is 26.9. The third-order valence-electron chi connectivity index (χ3n) is 5.79. The van der Waals surface area contributed by atoms with Crippen molar-refractivity contribution in [2.24, 2.45) is 0 Å². The van der Waals surface area contributed by atoms with Crippen LogP contribution in [0.4, 0.5) is 13.6 Å². The number of halogens is 2. The summed E-state index contributed by atoms with van der Waals surface area (Å²) in [6, 6.07) is 10.8. The molecule has 240 valence electrons. The van der Waals surface area contributed by atoms with Crippen molar-refractivity contribution in [3.8, 4) is 0 Å². The van der Waals surface area contributed by atoms with Gasteiger partial charge in [0.1, 0.15) is 5.60 Å². The Morgan fingerprint density at radius 1 is 1.10 bits per heavy atom. The molecule has 0 radical (unpaired) electrons. The number of rotatable bonds is 5. The van der Waals surface area contributed by atoms with Crippen molar-refractivity contribution in [2.45, 2.75) is 133 Å². The van der Waals surface area contributed by atoms with Gasteiger partial charge in [-0.1, -0.05) is 73.0 Å². The summed E-state index contributed by atoms with van der Waals surface area (Å²) >= 11 is 0. The standard InChI is InChI=1S/C21H36N2O2.C7H7.C3H8.C2H3F2.C2H6.U/c1-7-9-17(3)15-18(10-8-2)22-13-14-23(21(16-22)11-12-21)19(24)25-20(4,5)6;1-7-5-3-2-4-6-7;1-3-2;1-2(3)4;1-2;/h10,15H,7-9,11-14,16H2,1-6H3;3-6H,1H3;3H2,1-2H3;1H3;1-2H3;/q;-1;;-1;;+2/b17-15-,18-10?;;;;;. The molecule has 0 unspecified atom stereocenters. The molecule has 42 heavy (non-hydrogen) atoms. The molecule has 1 saturated heterocycles. The van der Waals surface area contributed by atoms with Gasteiger partial charge < -0.3 is 18.4 Å². The zero-order chi connectivity index (χ0) is 32.1. The van der Waals surface area contributed by atoms with Crippen LogP contribution in [0, 0.1) is 50.5 Å². The molecule has 1 saturated carbocycles. The summed E-state index contributed by atoms with van der Waals surface area (Å²) in [6.07, 6.45) is 9.69. The van der Waals surface area contributed by atoms with Gasteiger partial charge in [-0.3, -0.25) is 4.90 Å². The number of benzene rings is 1. The minimum atomic E-state index is -1.58. The molecule has 1 aromatic rings. The van der Waals surface area contributed by atoms with E-state index in [1.54, 1.807) is 0 Å². The number of hydrogen-bond acceptors (Lipinski definition) is 3. The van der Waals surface area contributed by atoms with Crippen LogP contribution in [0.25, 0.3) is 0 Å². The number of carbonyl (C=O) groups is 1. The molecular weight excluding hydrogens is 756 g/mol. The summed E-state index contributed by atoms with van der Waals surface area (Å²) in [5.41, 5.74) is 3.60. The van der Waals surface area contributed by atoms with Crippen LogP contribution < -0.4 is 0 Å². The Hall–Kier alpha value is -1.32. The van der Waals surface area contributed by atoms with Gasteiger partial charge in [0.2, 0.25) is 0 Å². The number of piperazine rings is 1. The zero-order valence-electron chi connectivity index (χ0n) is 28.8. The van der Waals surface area contributed by atoms with E-state index < -0.39 is 12.0 Å². The van der Waals surface area contributed by atoms with Gasteiger partial charge in [-0.05, 0) is 65.9 Å². The van der Waals surface area contributed by atoms with E-state index in [2.05, 4.69) is 64.7 Å². The summed E-state index contributed by atoms with van der Waals surface area (Å²) in [7, 11) is 0. The summed E-state index contributed by atoms with van der Waals surface area (Å²) in [6.45, 7) is 26.0. The minimum absolute atomic E-state index is 0. The van der Waals surface area contributed by atoms with E-state index in [1.807, 2.05) is 63.8 Å². The molecule has 1 aromatic carbocycles. The maximum Gasteiger partial charge on any atom is 2.00 e. The van der Waals surface area contributed by atoms with Crippen LogP contribution in [0.15, 0.2) is 47.7 Å². The van der Waals surface area contributed by atoms with Crippen molar-refractivity contribution in [1.29, 1.82) is 0 Å². The quantitative estimate of drug-likeness (QED) is 0.219. The third-order valence-corrected chi connectivity index (χ3v) is 5.79. The predicted molar refractivity (Wildman–Crippen MR) is 172 cm³/mol. The number of ether oxygens (including phenoxy) is 1. The second-order valence-electron chi connectivity index (χ2n) is 11.3. The van der Waals surface area contributed by atoms with Gasteiger partial charge in [-0.2, -0.15) is 35.9 Å². The number of aryl methyl sites for hydroxylation is 1. The molecule has 0 N–H and O–H groups in total. The molecule has 1 amide bonds. The fraction of sp³-hybridized carbons (Fsp3) is 0.657. The molecule has 1 heterocycles. The first kappa shape index (κ1) is 45.1. The molecule has 4 nitrogen and oxygen atoms in total. The van der Waals surface area contributed by atoms with Crippen molar-refractivity contribution >= 4 is 6.09 Å². The van der Waals surface area contributed by atoms with E-state index in [0.717, 1.165) is 52.2 Å². The molecular formula is C35H60F2N2O2U. The van der Waals surface area contributed by atoms with Crippen molar-refractivity contribution in [2.75, 3.05) is 19.6 Å². The summed E-state index contributed by atoms with van der Waals surface area (Å²) in [4.78, 5) is 17.0. The number of hydrogen-bond donors (Lipinski definition) is 0. The first-order chi connectivity index (χ1) is 19.2. The molecule has 3 rings (SSSR count). The number of nitrogens with zero attached hydrogens (tertiary/aromatic N) is 2. The number of carbonyl (C=O) groups excluding carboxylic acids is 1. The smallest absolute Gasteiger partial charge is 0.444 e. The molecule has 0 aromatic heterocycles. The maximum atomic E-state index is 12.6. The second kappa shape index (κ2) is 25.1. The average Bonchev–Trinajstić information content (AvgIpc) is 3.64. The average molecular weight is 817 g/mol. The first-order valence-corrected chi connectivity index (χ1v) is 15.4. The van der Waals surface area contributed by atoms with Gasteiger partial charge in [0.25, 0.3) is 0 Å². The van der Waals surface area contributed by atoms with Crippen LogP contribution in [0.2, 0.25) is 0 Å². The van der Waals surface area contributed by atoms with E-state index in [4.69, 9.17) is 4.74 Å². The van der Waals surface area contributed by atoms with E-state index in [1.165, 1.54) is 29.7 Å². The van der Waals surface area contributed by atoms with Gasteiger partial charge >= 0.3 is 37.2 Å². The summed E-state index contributed by atoms with van der Waals surface area (Å²) in [5.74, 6) is 0. The Labute approximate surface area is 282 Å². The SMILES string of the molecule is CC.CCC.CCC=C(/C=C(/C)CCC)N1CCN(C(=O)OC(C)(C)C)C2(CC2)C1.C[C-](F)F.Cc1cc[c-]cc1.[U+2]. The van der Waals surface area contributed by atoms with Gasteiger partial charge in [0, 0.05) is 25.3 Å². The molecule has 0 atom stereocenters. The molecule has 1 aliphatic heterocycles.